The summed E-state index contributed by atoms with van der Waals surface area (Å²) in [6.07, 6.45) is 0. The van der Waals surface area contributed by atoms with Crippen LogP contribution < -0.4 is 16.9 Å². The summed E-state index contributed by atoms with van der Waals surface area (Å²) in [5.41, 5.74) is 6.09. The summed E-state index contributed by atoms with van der Waals surface area (Å²) in [7, 11) is -4.21. The Balaban J connectivity index is 2.18. The van der Waals surface area contributed by atoms with Crippen molar-refractivity contribution >= 4 is 26.3 Å². The summed E-state index contributed by atoms with van der Waals surface area (Å²) in [5, 5.41) is 3.24. The number of aromatic nitrogens is 3. The minimum atomic E-state index is -4.21. The van der Waals surface area contributed by atoms with Crippen molar-refractivity contribution < 1.29 is 8.42 Å². The van der Waals surface area contributed by atoms with Crippen molar-refractivity contribution in [3.8, 4) is 11.3 Å². The molecule has 0 amide bonds. The van der Waals surface area contributed by atoms with Gasteiger partial charge < -0.3 is 5.73 Å². The van der Waals surface area contributed by atoms with E-state index in [0.717, 1.165) is 5.56 Å². The summed E-state index contributed by atoms with van der Waals surface area (Å²) in [4.78, 5) is 29.2. The molecule has 0 aliphatic carbocycles. The van der Waals surface area contributed by atoms with E-state index in [9.17, 15) is 18.0 Å². The minimum absolute atomic E-state index is 0.0413. The molecule has 2 heterocycles. The molecule has 4 rings (SSSR count). The van der Waals surface area contributed by atoms with Gasteiger partial charge in [0.05, 0.1) is 27.0 Å². The zero-order valence-electron chi connectivity index (χ0n) is 15.3. The molecular weight excluding hydrogens is 392 g/mol. The SMILES string of the molecule is Cc1ccc(S(=O)(=O)c2nc(-c3ccccc3)c(N)c3c(=O)[nH][nH]c(=O)c23)cc1. The third kappa shape index (κ3) is 3.01. The molecule has 4 aromatic rings. The Morgan fingerprint density at radius 3 is 2.07 bits per heavy atom. The predicted octanol–water partition coefficient (Wildman–Crippen LogP) is 2.00. The molecule has 0 saturated carbocycles. The van der Waals surface area contributed by atoms with Gasteiger partial charge in [0.15, 0.2) is 5.03 Å². The van der Waals surface area contributed by atoms with Crippen LogP contribution in [0.25, 0.3) is 22.0 Å². The highest BCUT2D eigenvalue weighted by atomic mass is 32.2. The molecule has 146 valence electrons. The fourth-order valence-electron chi connectivity index (χ4n) is 3.10. The first-order chi connectivity index (χ1) is 13.8. The number of aryl methyl sites for hydroxylation is 1. The smallest absolute Gasteiger partial charge is 0.273 e. The normalized spacial score (nSPS) is 11.6. The number of hydrogen-bond acceptors (Lipinski definition) is 6. The number of nitrogens with one attached hydrogen (secondary N) is 2. The molecular formula is C20H16N4O4S. The number of rotatable bonds is 3. The number of nitrogen functional groups attached to an aromatic ring is 1. The van der Waals surface area contributed by atoms with Crippen molar-refractivity contribution in [2.75, 3.05) is 5.73 Å². The second-order valence-corrected chi connectivity index (χ2v) is 8.38. The summed E-state index contributed by atoms with van der Waals surface area (Å²) in [5.74, 6) is 0. The summed E-state index contributed by atoms with van der Waals surface area (Å²) in [6, 6.07) is 14.8. The summed E-state index contributed by atoms with van der Waals surface area (Å²) < 4.78 is 26.7. The van der Waals surface area contributed by atoms with Crippen molar-refractivity contribution in [1.29, 1.82) is 0 Å². The van der Waals surface area contributed by atoms with Crippen LogP contribution in [0, 0.1) is 6.92 Å². The molecule has 0 saturated heterocycles. The van der Waals surface area contributed by atoms with Gasteiger partial charge in [0.1, 0.15) is 0 Å². The third-order valence-corrected chi connectivity index (χ3v) is 6.28. The van der Waals surface area contributed by atoms with Crippen LogP contribution in [-0.4, -0.2) is 23.6 Å². The molecule has 8 nitrogen and oxygen atoms in total. The Kier molecular flexibility index (Phi) is 4.31. The van der Waals surface area contributed by atoms with Gasteiger partial charge in [-0.15, -0.1) is 0 Å². The first-order valence-corrected chi connectivity index (χ1v) is 10.1. The molecule has 9 heteroatoms. The van der Waals surface area contributed by atoms with Crippen LogP contribution in [0.5, 0.6) is 0 Å². The van der Waals surface area contributed by atoms with E-state index < -0.39 is 26.0 Å². The molecule has 0 fully saturated rings. The number of nitrogens with two attached hydrogens (primary N) is 1. The lowest BCUT2D eigenvalue weighted by molar-refractivity contribution is 0.593. The average molecular weight is 408 g/mol. The fraction of sp³-hybridized carbons (Fsp3) is 0.0500. The molecule has 2 aromatic heterocycles. The van der Waals surface area contributed by atoms with Gasteiger partial charge >= 0.3 is 0 Å². The van der Waals surface area contributed by atoms with E-state index in [4.69, 9.17) is 5.73 Å². The predicted molar refractivity (Wildman–Crippen MR) is 109 cm³/mol. The molecule has 0 unspecified atom stereocenters. The first-order valence-electron chi connectivity index (χ1n) is 8.62. The number of pyridine rings is 1. The van der Waals surface area contributed by atoms with E-state index >= 15 is 0 Å². The molecule has 0 aliphatic heterocycles. The molecule has 2 aromatic carbocycles. The largest absolute Gasteiger partial charge is 0.396 e. The maximum absolute atomic E-state index is 13.3. The van der Waals surface area contributed by atoms with E-state index in [1.807, 2.05) is 6.92 Å². The quantitative estimate of drug-likeness (QED) is 0.474. The zero-order chi connectivity index (χ0) is 20.8. The number of H-pyrrole nitrogens is 2. The molecule has 0 bridgehead atoms. The molecule has 29 heavy (non-hydrogen) atoms. The van der Waals surface area contributed by atoms with Crippen LogP contribution in [0.4, 0.5) is 5.69 Å². The zero-order valence-corrected chi connectivity index (χ0v) is 16.1. The van der Waals surface area contributed by atoms with E-state index in [1.54, 1.807) is 42.5 Å². The van der Waals surface area contributed by atoms with Crippen LogP contribution in [0.1, 0.15) is 5.56 Å². The summed E-state index contributed by atoms with van der Waals surface area (Å²) >= 11 is 0. The lowest BCUT2D eigenvalue weighted by Gasteiger charge is -2.13. The Morgan fingerprint density at radius 1 is 0.862 bits per heavy atom. The van der Waals surface area contributed by atoms with E-state index in [0.29, 0.717) is 5.56 Å². The number of hydrogen-bond donors (Lipinski definition) is 3. The fourth-order valence-corrected chi connectivity index (χ4v) is 4.49. The Hall–Kier alpha value is -3.72. The van der Waals surface area contributed by atoms with Crippen LogP contribution >= 0.6 is 0 Å². The third-order valence-electron chi connectivity index (χ3n) is 4.58. The molecule has 4 N–H and O–H groups in total. The lowest BCUT2D eigenvalue weighted by Crippen LogP contribution is -2.24. The number of fused-ring (bicyclic) bond motifs is 1. The monoisotopic (exact) mass is 408 g/mol. The highest BCUT2D eigenvalue weighted by Gasteiger charge is 2.28. The molecule has 0 spiro atoms. The van der Waals surface area contributed by atoms with Gasteiger partial charge in [-0.25, -0.2) is 13.4 Å². The van der Waals surface area contributed by atoms with Crippen LogP contribution in [0.3, 0.4) is 0 Å². The Morgan fingerprint density at radius 2 is 1.45 bits per heavy atom. The van der Waals surface area contributed by atoms with Crippen molar-refractivity contribution in [2.45, 2.75) is 16.8 Å². The van der Waals surface area contributed by atoms with Crippen molar-refractivity contribution in [3.63, 3.8) is 0 Å². The first kappa shape index (κ1) is 18.6. The van der Waals surface area contributed by atoms with E-state index in [2.05, 4.69) is 15.2 Å². The van der Waals surface area contributed by atoms with E-state index in [-0.39, 0.29) is 27.0 Å². The Bertz CT molecular complexity index is 1460. The second kappa shape index (κ2) is 6.71. The van der Waals surface area contributed by atoms with Gasteiger partial charge in [0, 0.05) is 5.56 Å². The lowest BCUT2D eigenvalue weighted by atomic mass is 10.1. The van der Waals surface area contributed by atoms with Crippen LogP contribution in [0.15, 0.2) is 74.1 Å². The van der Waals surface area contributed by atoms with E-state index in [1.165, 1.54) is 12.1 Å². The average Bonchev–Trinajstić information content (AvgIpc) is 2.71. The van der Waals surface area contributed by atoms with Gasteiger partial charge in [0.2, 0.25) is 9.84 Å². The van der Waals surface area contributed by atoms with Gasteiger partial charge in [-0.1, -0.05) is 48.0 Å². The molecule has 0 aliphatic rings. The van der Waals surface area contributed by atoms with Crippen molar-refractivity contribution in [3.05, 3.63) is 80.9 Å². The number of benzene rings is 2. The number of aromatic amines is 2. The maximum atomic E-state index is 13.3. The van der Waals surface area contributed by atoms with Crippen LogP contribution in [-0.2, 0) is 9.84 Å². The van der Waals surface area contributed by atoms with Gasteiger partial charge in [-0.2, -0.15) is 0 Å². The summed E-state index contributed by atoms with van der Waals surface area (Å²) in [6.45, 7) is 1.82. The van der Waals surface area contributed by atoms with Gasteiger partial charge in [0.25, 0.3) is 11.1 Å². The van der Waals surface area contributed by atoms with Crippen molar-refractivity contribution in [2.24, 2.45) is 0 Å². The number of anilines is 1. The number of sulfone groups is 1. The standard InChI is InChI=1S/C20H16N4O4S/c1-11-7-9-13(10-8-11)29(27,28)20-15-14(18(25)23-24-19(15)26)16(21)17(22-20)12-5-3-2-4-6-12/h2-10H,21H2,1H3,(H,23,25)(H,24,26). The maximum Gasteiger partial charge on any atom is 0.273 e. The highest BCUT2D eigenvalue weighted by molar-refractivity contribution is 7.91. The number of nitrogens with zero attached hydrogens (tertiary/aromatic N) is 1. The van der Waals surface area contributed by atoms with Crippen LogP contribution in [0.2, 0.25) is 0 Å². The molecule has 0 atom stereocenters. The van der Waals surface area contributed by atoms with Gasteiger partial charge in [-0.3, -0.25) is 19.8 Å². The second-order valence-electron chi connectivity index (χ2n) is 6.52. The highest BCUT2D eigenvalue weighted by Crippen LogP contribution is 2.33. The topological polar surface area (TPSA) is 139 Å². The molecule has 0 radical (unpaired) electrons. The Labute approximate surface area is 165 Å². The minimum Gasteiger partial charge on any atom is -0.396 e. The van der Waals surface area contributed by atoms with Crippen molar-refractivity contribution in [1.82, 2.24) is 15.2 Å². The van der Waals surface area contributed by atoms with Gasteiger partial charge in [-0.05, 0) is 19.1 Å².